The van der Waals surface area contributed by atoms with Crippen LogP contribution in [0.3, 0.4) is 0 Å². The summed E-state index contributed by atoms with van der Waals surface area (Å²) >= 11 is 37.7. The highest BCUT2D eigenvalue weighted by atomic mass is 35.5. The van der Waals surface area contributed by atoms with Gasteiger partial charge in [-0.3, -0.25) is 0 Å². The van der Waals surface area contributed by atoms with Gasteiger partial charge < -0.3 is 18.9 Å². The predicted molar refractivity (Wildman–Crippen MR) is 186 cm³/mol. The van der Waals surface area contributed by atoms with Crippen molar-refractivity contribution in [3.05, 3.63) is 53.4 Å². The van der Waals surface area contributed by atoms with Crippen LogP contribution >= 0.6 is 69.6 Å². The van der Waals surface area contributed by atoms with Crippen molar-refractivity contribution >= 4 is 93.5 Å². The molecule has 2 saturated carbocycles. The minimum absolute atomic E-state index is 0.0769. The van der Waals surface area contributed by atoms with E-state index in [9.17, 15) is 19.2 Å². The Kier molecular flexibility index (Phi) is 11.6. The third-order valence-electron chi connectivity index (χ3n) is 9.15. The van der Waals surface area contributed by atoms with E-state index in [4.69, 9.17) is 88.6 Å². The first-order valence-corrected chi connectivity index (χ1v) is 17.6. The van der Waals surface area contributed by atoms with Crippen molar-refractivity contribution in [2.75, 3.05) is 13.2 Å². The lowest BCUT2D eigenvalue weighted by molar-refractivity contribution is -0.156. The molecule has 48 heavy (non-hydrogen) atoms. The Balaban J connectivity index is 1.55. The minimum atomic E-state index is -1.64. The van der Waals surface area contributed by atoms with Crippen LogP contribution in [0.4, 0.5) is 0 Å². The molecule has 0 atom stereocenters. The zero-order valence-corrected chi connectivity index (χ0v) is 31.9. The summed E-state index contributed by atoms with van der Waals surface area (Å²) in [6, 6.07) is 2.27. The molecule has 0 spiro atoms. The van der Waals surface area contributed by atoms with Gasteiger partial charge in [0.15, 0.2) is 11.5 Å². The van der Waals surface area contributed by atoms with Crippen LogP contribution in [-0.2, 0) is 19.1 Å². The molecule has 0 saturated heterocycles. The number of ether oxygens (including phenoxy) is 4. The molecule has 0 aromatic heterocycles. The lowest BCUT2D eigenvalue weighted by Gasteiger charge is -2.52. The Bertz CT molecular complexity index is 1530. The summed E-state index contributed by atoms with van der Waals surface area (Å²) in [5.74, 6) is -6.36. The molecule has 2 aliphatic rings. The lowest BCUT2D eigenvalue weighted by atomic mass is 9.53. The van der Waals surface area contributed by atoms with Gasteiger partial charge in [0.2, 0.25) is 0 Å². The molecule has 0 amide bonds. The molecular formula is C34H36Cl6O8. The Labute approximate surface area is 309 Å². The molecule has 0 heterocycles. The van der Waals surface area contributed by atoms with Crippen LogP contribution in [0.15, 0.2) is 12.1 Å². The molecule has 262 valence electrons. The third-order valence-corrected chi connectivity index (χ3v) is 11.3. The number of carbonyl (C=O) groups is 4. The maximum absolute atomic E-state index is 13.3. The lowest BCUT2D eigenvalue weighted by Crippen LogP contribution is -2.46. The molecule has 2 aliphatic carbocycles. The smallest absolute Gasteiger partial charge is 0.423 e. The van der Waals surface area contributed by atoms with E-state index in [0.717, 1.165) is 50.7 Å². The van der Waals surface area contributed by atoms with Crippen LogP contribution in [0.25, 0.3) is 0 Å². The Hall–Kier alpha value is -1.94. The molecule has 2 aromatic rings. The second-order valence-electron chi connectivity index (χ2n) is 14.4. The fourth-order valence-corrected chi connectivity index (χ4v) is 8.88. The van der Waals surface area contributed by atoms with Gasteiger partial charge >= 0.3 is 23.9 Å². The average Bonchev–Trinajstić information content (AvgIpc) is 2.97. The van der Waals surface area contributed by atoms with E-state index in [1.54, 1.807) is 0 Å². The highest BCUT2D eigenvalue weighted by Crippen LogP contribution is 2.57. The van der Waals surface area contributed by atoms with Crippen molar-refractivity contribution in [3.63, 3.8) is 0 Å². The maximum atomic E-state index is 13.3. The van der Waals surface area contributed by atoms with E-state index in [1.807, 2.05) is 13.8 Å². The van der Waals surface area contributed by atoms with Gasteiger partial charge in [-0.2, -0.15) is 0 Å². The van der Waals surface area contributed by atoms with Crippen molar-refractivity contribution in [2.45, 2.75) is 80.1 Å². The van der Waals surface area contributed by atoms with Crippen LogP contribution in [0.2, 0.25) is 30.1 Å². The Morgan fingerprint density at radius 2 is 0.896 bits per heavy atom. The van der Waals surface area contributed by atoms with Gasteiger partial charge in [0, 0.05) is 10.8 Å². The molecule has 14 heteroatoms. The highest BCUT2D eigenvalue weighted by molar-refractivity contribution is 6.47. The fraction of sp³-hybridized carbons (Fsp3) is 0.529. The third kappa shape index (κ3) is 8.16. The van der Waals surface area contributed by atoms with Crippen molar-refractivity contribution in [1.82, 2.24) is 0 Å². The quantitative estimate of drug-likeness (QED) is 0.101. The monoisotopic (exact) mass is 782 g/mol. The molecule has 2 fully saturated rings. The van der Waals surface area contributed by atoms with E-state index >= 15 is 0 Å². The number of hydrogen-bond acceptors (Lipinski definition) is 8. The van der Waals surface area contributed by atoms with Gasteiger partial charge in [-0.1, -0.05) is 111 Å². The topological polar surface area (TPSA) is 105 Å². The standard InChI is InChI=1S/C34H36Cl6O8/c1-7-33(11-31(3,4)12-33)15-45-27(41)21-23(39)17(35)9-19(37)25(21)47-29(43)30(44)48-26-20(38)10-18(36)24(40)22(26)28(42)46-16-34(8-2)13-32(5,6)14-34/h9-10H,7-8,11-16H2,1-6H3. The molecular weight excluding hydrogens is 749 g/mol. The molecule has 0 bridgehead atoms. The molecule has 0 radical (unpaired) electrons. The summed E-state index contributed by atoms with van der Waals surface area (Å²) in [7, 11) is 0. The summed E-state index contributed by atoms with van der Waals surface area (Å²) in [5.41, 5.74) is -1.14. The van der Waals surface area contributed by atoms with Gasteiger partial charge in [0.05, 0.1) is 43.3 Å². The Morgan fingerprint density at radius 1 is 0.583 bits per heavy atom. The van der Waals surface area contributed by atoms with E-state index in [-0.39, 0.29) is 65.0 Å². The van der Waals surface area contributed by atoms with E-state index in [1.165, 1.54) is 0 Å². The van der Waals surface area contributed by atoms with Gasteiger partial charge in [0.1, 0.15) is 11.1 Å². The number of carbonyl (C=O) groups excluding carboxylic acids is 4. The first kappa shape index (κ1) is 38.9. The summed E-state index contributed by atoms with van der Waals surface area (Å²) in [6.45, 7) is 12.7. The van der Waals surface area contributed by atoms with Crippen LogP contribution in [0, 0.1) is 21.7 Å². The highest BCUT2D eigenvalue weighted by Gasteiger charge is 2.50. The number of halogens is 6. The molecule has 4 rings (SSSR count). The van der Waals surface area contributed by atoms with E-state index in [0.29, 0.717) is 0 Å². The predicted octanol–water partition coefficient (Wildman–Crippen LogP) is 10.9. The fourth-order valence-electron chi connectivity index (χ4n) is 7.44. The minimum Gasteiger partial charge on any atom is -0.461 e. The van der Waals surface area contributed by atoms with Crippen molar-refractivity contribution in [1.29, 1.82) is 0 Å². The zero-order chi connectivity index (χ0) is 36.0. The maximum Gasteiger partial charge on any atom is 0.423 e. The second kappa shape index (κ2) is 14.4. The van der Waals surface area contributed by atoms with Gasteiger partial charge in [-0.05, 0) is 61.5 Å². The summed E-state index contributed by atoms with van der Waals surface area (Å²) in [6.07, 6.45) is 4.90. The van der Waals surface area contributed by atoms with Gasteiger partial charge in [0.25, 0.3) is 0 Å². The van der Waals surface area contributed by atoms with E-state index < -0.39 is 46.5 Å². The SMILES string of the molecule is CCC1(COC(=O)c2c(Cl)c(Cl)cc(Cl)c2OC(=O)C(=O)Oc2c(Cl)cc(Cl)c(Cl)c2C(=O)OCC2(CC)CC(C)(C)C2)CC(C)(C)C1. The summed E-state index contributed by atoms with van der Waals surface area (Å²) in [4.78, 5) is 52.8. The largest absolute Gasteiger partial charge is 0.461 e. The molecule has 0 unspecified atom stereocenters. The van der Waals surface area contributed by atoms with Gasteiger partial charge in [-0.15, -0.1) is 0 Å². The van der Waals surface area contributed by atoms with Crippen LogP contribution in [-0.4, -0.2) is 37.1 Å². The summed E-state index contributed by atoms with van der Waals surface area (Å²) in [5, 5.41) is -1.47. The number of rotatable bonds is 10. The average molecular weight is 785 g/mol. The van der Waals surface area contributed by atoms with E-state index in [2.05, 4.69) is 27.7 Å². The van der Waals surface area contributed by atoms with Crippen molar-refractivity contribution in [2.24, 2.45) is 21.7 Å². The number of esters is 4. The number of benzene rings is 2. The normalized spacial score (nSPS) is 18.2. The summed E-state index contributed by atoms with van der Waals surface area (Å²) < 4.78 is 21.7. The van der Waals surface area contributed by atoms with Gasteiger partial charge in [-0.25, -0.2) is 19.2 Å². The van der Waals surface area contributed by atoms with Crippen LogP contribution in [0.1, 0.15) is 101 Å². The first-order chi connectivity index (χ1) is 22.2. The van der Waals surface area contributed by atoms with Crippen LogP contribution < -0.4 is 9.47 Å². The van der Waals surface area contributed by atoms with Crippen molar-refractivity contribution < 1.29 is 38.1 Å². The molecule has 2 aromatic carbocycles. The molecule has 0 aliphatic heterocycles. The Morgan fingerprint density at radius 3 is 1.17 bits per heavy atom. The molecule has 8 nitrogen and oxygen atoms in total. The first-order valence-electron chi connectivity index (χ1n) is 15.3. The van der Waals surface area contributed by atoms with Crippen molar-refractivity contribution in [3.8, 4) is 11.5 Å². The second-order valence-corrected chi connectivity index (χ2v) is 16.8. The molecule has 0 N–H and O–H groups in total. The van der Waals surface area contributed by atoms with Crippen LogP contribution in [0.5, 0.6) is 11.5 Å². The zero-order valence-electron chi connectivity index (χ0n) is 27.3. The number of hydrogen-bond donors (Lipinski definition) is 0.